The Kier molecular flexibility index (Phi) is 6.32. The van der Waals surface area contributed by atoms with Crippen LogP contribution in [0.5, 0.6) is 5.75 Å². The molecule has 7 nitrogen and oxygen atoms in total. The summed E-state index contributed by atoms with van der Waals surface area (Å²) in [6.45, 7) is 0. The van der Waals surface area contributed by atoms with Crippen molar-refractivity contribution in [2.75, 3.05) is 18.2 Å². The molecule has 1 saturated carbocycles. The highest BCUT2D eigenvalue weighted by Crippen LogP contribution is 2.32. The van der Waals surface area contributed by atoms with E-state index in [0.29, 0.717) is 12.8 Å². The molecule has 30 heavy (non-hydrogen) atoms. The van der Waals surface area contributed by atoms with Gasteiger partial charge in [-0.25, -0.2) is 26.6 Å². The number of sulfone groups is 1. The van der Waals surface area contributed by atoms with Crippen molar-refractivity contribution in [3.63, 3.8) is 0 Å². The molecule has 1 aliphatic carbocycles. The zero-order chi connectivity index (χ0) is 22.1. The van der Waals surface area contributed by atoms with E-state index in [0.717, 1.165) is 18.2 Å². The first-order chi connectivity index (χ1) is 14.1. The summed E-state index contributed by atoms with van der Waals surface area (Å²) in [5, 5.41) is 11.6. The molecule has 0 bridgehead atoms. The molecule has 2 aromatic rings. The van der Waals surface area contributed by atoms with E-state index in [1.807, 2.05) is 0 Å². The molecule has 2 N–H and O–H groups in total. The van der Waals surface area contributed by atoms with Crippen LogP contribution in [0.25, 0.3) is 0 Å². The van der Waals surface area contributed by atoms with Crippen LogP contribution in [0.2, 0.25) is 0 Å². The Balaban J connectivity index is 1.86. The van der Waals surface area contributed by atoms with Gasteiger partial charge in [0.1, 0.15) is 17.3 Å². The first-order valence-corrected chi connectivity index (χ1v) is 10.6. The number of carbonyl (C=O) groups excluding carboxylic acids is 1. The molecule has 1 fully saturated rings. The Morgan fingerprint density at radius 2 is 2.00 bits per heavy atom. The number of carbonyl (C=O) groups is 1. The Morgan fingerprint density at radius 1 is 1.30 bits per heavy atom. The zero-order valence-corrected chi connectivity index (χ0v) is 16.6. The van der Waals surface area contributed by atoms with Gasteiger partial charge in [-0.1, -0.05) is 0 Å². The van der Waals surface area contributed by atoms with E-state index < -0.39 is 39.8 Å². The fourth-order valence-corrected chi connectivity index (χ4v) is 4.82. The number of hydrogen-bond donors (Lipinski definition) is 2. The maximum atomic E-state index is 13.4. The highest BCUT2D eigenvalue weighted by atomic mass is 32.2. The quantitative estimate of drug-likeness (QED) is 0.680. The maximum absolute atomic E-state index is 13.4. The van der Waals surface area contributed by atoms with Crippen LogP contribution in [0.3, 0.4) is 0 Å². The van der Waals surface area contributed by atoms with E-state index in [4.69, 9.17) is 4.74 Å². The predicted molar refractivity (Wildman–Crippen MR) is 101 cm³/mol. The van der Waals surface area contributed by atoms with Crippen molar-refractivity contribution in [2.24, 2.45) is 5.92 Å². The SMILES string of the molecule is COc1ccc(S(=O)(=O)CC2CC(O)C2)cc1C(=O)Nc1ccc(F)c(C(F)F)n1. The first kappa shape index (κ1) is 22.0. The molecule has 3 rings (SSSR count). The molecule has 11 heteroatoms. The van der Waals surface area contributed by atoms with Crippen molar-refractivity contribution in [3.8, 4) is 5.75 Å². The number of nitrogens with zero attached hydrogens (tertiary/aromatic N) is 1. The van der Waals surface area contributed by atoms with Crippen molar-refractivity contribution in [1.82, 2.24) is 4.98 Å². The van der Waals surface area contributed by atoms with Crippen LogP contribution in [-0.4, -0.2) is 43.4 Å². The molecule has 162 valence electrons. The molecule has 0 radical (unpaired) electrons. The Hall–Kier alpha value is -2.66. The average Bonchev–Trinajstić information content (AvgIpc) is 2.67. The van der Waals surface area contributed by atoms with Crippen molar-refractivity contribution < 1.29 is 36.2 Å². The number of alkyl halides is 2. The summed E-state index contributed by atoms with van der Waals surface area (Å²) in [4.78, 5) is 15.9. The number of aromatic nitrogens is 1. The number of pyridine rings is 1. The van der Waals surface area contributed by atoms with E-state index in [-0.39, 0.29) is 33.7 Å². The number of aliphatic hydroxyl groups is 1. The minimum absolute atomic E-state index is 0.0571. The van der Waals surface area contributed by atoms with Gasteiger partial charge in [0, 0.05) is 0 Å². The van der Waals surface area contributed by atoms with Gasteiger partial charge in [0.2, 0.25) is 0 Å². The number of amides is 1. The Bertz CT molecular complexity index is 1060. The lowest BCUT2D eigenvalue weighted by Gasteiger charge is -2.30. The van der Waals surface area contributed by atoms with Gasteiger partial charge >= 0.3 is 0 Å². The zero-order valence-electron chi connectivity index (χ0n) is 15.8. The van der Waals surface area contributed by atoms with Crippen molar-refractivity contribution in [2.45, 2.75) is 30.3 Å². The second kappa shape index (κ2) is 8.60. The van der Waals surface area contributed by atoms with Crippen LogP contribution in [-0.2, 0) is 9.84 Å². The standard InChI is InChI=1S/C19H19F3N2O5S/c1-29-15-4-2-12(30(27,28)9-10-6-11(25)7-10)8-13(15)19(26)24-16-5-3-14(20)17(23-16)18(21)22/h2-5,8,10-11,18,25H,6-7,9H2,1H3,(H,23,24,26). The van der Waals surface area contributed by atoms with Crippen LogP contribution in [0, 0.1) is 11.7 Å². The van der Waals surface area contributed by atoms with E-state index >= 15 is 0 Å². The summed E-state index contributed by atoms with van der Waals surface area (Å²) >= 11 is 0. The van der Waals surface area contributed by atoms with Crippen LogP contribution in [0.1, 0.15) is 35.3 Å². The van der Waals surface area contributed by atoms with Crippen LogP contribution < -0.4 is 10.1 Å². The van der Waals surface area contributed by atoms with E-state index in [1.54, 1.807) is 0 Å². The van der Waals surface area contributed by atoms with Gasteiger partial charge < -0.3 is 15.2 Å². The topological polar surface area (TPSA) is 106 Å². The number of rotatable bonds is 7. The van der Waals surface area contributed by atoms with Crippen LogP contribution in [0.15, 0.2) is 35.2 Å². The monoisotopic (exact) mass is 444 g/mol. The average molecular weight is 444 g/mol. The highest BCUT2D eigenvalue weighted by Gasteiger charge is 2.32. The Morgan fingerprint density at radius 3 is 2.60 bits per heavy atom. The second-order valence-corrected chi connectivity index (χ2v) is 8.99. The summed E-state index contributed by atoms with van der Waals surface area (Å²) in [5.74, 6) is -2.68. The molecule has 0 unspecified atom stereocenters. The van der Waals surface area contributed by atoms with Crippen molar-refractivity contribution in [3.05, 3.63) is 47.4 Å². The number of methoxy groups -OCH3 is 1. The molecule has 1 aromatic heterocycles. The summed E-state index contributed by atoms with van der Waals surface area (Å²) in [7, 11) is -2.45. The van der Waals surface area contributed by atoms with Gasteiger partial charge in [0.25, 0.3) is 12.3 Å². The molecule has 1 aromatic carbocycles. The summed E-state index contributed by atoms with van der Waals surface area (Å²) < 4.78 is 69.4. The third-order valence-electron chi connectivity index (χ3n) is 4.76. The number of aliphatic hydroxyl groups excluding tert-OH is 1. The van der Waals surface area contributed by atoms with Gasteiger partial charge in [0.15, 0.2) is 15.7 Å². The van der Waals surface area contributed by atoms with Crippen LogP contribution >= 0.6 is 0 Å². The Labute approximate surface area is 170 Å². The number of nitrogens with one attached hydrogen (secondary N) is 1. The predicted octanol–water partition coefficient (Wildman–Crippen LogP) is 2.96. The summed E-state index contributed by atoms with van der Waals surface area (Å²) in [6, 6.07) is 5.48. The van der Waals surface area contributed by atoms with E-state index in [2.05, 4.69) is 10.3 Å². The molecule has 0 aliphatic heterocycles. The first-order valence-electron chi connectivity index (χ1n) is 8.95. The molecule has 1 aliphatic rings. The number of hydrogen-bond acceptors (Lipinski definition) is 6. The fraction of sp³-hybridized carbons (Fsp3) is 0.368. The fourth-order valence-electron chi connectivity index (χ4n) is 3.17. The third kappa shape index (κ3) is 4.73. The van der Waals surface area contributed by atoms with Gasteiger partial charge in [-0.2, -0.15) is 0 Å². The number of halogens is 3. The maximum Gasteiger partial charge on any atom is 0.283 e. The molecule has 0 spiro atoms. The van der Waals surface area contributed by atoms with Gasteiger partial charge in [0.05, 0.1) is 29.4 Å². The lowest BCUT2D eigenvalue weighted by atomic mass is 9.84. The van der Waals surface area contributed by atoms with Gasteiger partial charge in [-0.05, 0) is 49.1 Å². The molecular weight excluding hydrogens is 425 g/mol. The lowest BCUT2D eigenvalue weighted by Crippen LogP contribution is -2.33. The summed E-state index contributed by atoms with van der Waals surface area (Å²) in [5.41, 5.74) is -1.27. The molecule has 1 heterocycles. The number of ether oxygens (including phenoxy) is 1. The van der Waals surface area contributed by atoms with Crippen molar-refractivity contribution >= 4 is 21.6 Å². The number of benzene rings is 1. The van der Waals surface area contributed by atoms with E-state index in [9.17, 15) is 31.5 Å². The number of anilines is 1. The molecular formula is C19H19F3N2O5S. The molecule has 0 saturated heterocycles. The molecule has 0 atom stereocenters. The third-order valence-corrected chi connectivity index (χ3v) is 6.64. The van der Waals surface area contributed by atoms with Gasteiger partial charge in [-0.15, -0.1) is 0 Å². The minimum Gasteiger partial charge on any atom is -0.496 e. The minimum atomic E-state index is -3.73. The smallest absolute Gasteiger partial charge is 0.283 e. The largest absolute Gasteiger partial charge is 0.496 e. The molecule has 1 amide bonds. The normalized spacial score (nSPS) is 18.7. The second-order valence-electron chi connectivity index (χ2n) is 6.95. The summed E-state index contributed by atoms with van der Waals surface area (Å²) in [6.07, 6.45) is -2.88. The van der Waals surface area contributed by atoms with Gasteiger partial charge in [-0.3, -0.25) is 4.79 Å². The lowest BCUT2D eigenvalue weighted by molar-refractivity contribution is 0.0526. The van der Waals surface area contributed by atoms with Crippen LogP contribution in [0.4, 0.5) is 19.0 Å². The highest BCUT2D eigenvalue weighted by molar-refractivity contribution is 7.91. The van der Waals surface area contributed by atoms with Crippen molar-refractivity contribution in [1.29, 1.82) is 0 Å². The van der Waals surface area contributed by atoms with E-state index in [1.165, 1.54) is 19.2 Å².